The van der Waals surface area contributed by atoms with Gasteiger partial charge in [-0.3, -0.25) is 0 Å². The van der Waals surface area contributed by atoms with Crippen molar-refractivity contribution in [2.45, 2.75) is 33.7 Å². The molecule has 0 amide bonds. The summed E-state index contributed by atoms with van der Waals surface area (Å²) in [6.45, 7) is 8.54. The van der Waals surface area contributed by atoms with Crippen LogP contribution in [0.3, 0.4) is 0 Å². The van der Waals surface area contributed by atoms with Crippen molar-refractivity contribution in [1.82, 2.24) is 4.98 Å². The van der Waals surface area contributed by atoms with E-state index in [1.165, 1.54) is 10.3 Å². The van der Waals surface area contributed by atoms with E-state index in [0.717, 1.165) is 10.5 Å². The van der Waals surface area contributed by atoms with E-state index in [0.29, 0.717) is 0 Å². The average molecular weight is 234 g/mol. The van der Waals surface area contributed by atoms with Crippen LogP contribution in [0.25, 0.3) is 10.2 Å². The topological polar surface area (TPSA) is 38.9 Å². The molecule has 1 heterocycles. The first-order valence-electron chi connectivity index (χ1n) is 5.51. The first kappa shape index (κ1) is 11.6. The van der Waals surface area contributed by atoms with Gasteiger partial charge in [-0.15, -0.1) is 11.3 Å². The van der Waals surface area contributed by atoms with Crippen LogP contribution >= 0.6 is 11.3 Å². The Labute approximate surface area is 101 Å². The number of nitrogens with two attached hydrogens (primary N) is 1. The number of para-hydroxylation sites is 1. The number of thiazole rings is 1. The molecule has 2 aromatic rings. The van der Waals surface area contributed by atoms with Gasteiger partial charge >= 0.3 is 0 Å². The Balaban J connectivity index is 2.52. The number of aryl methyl sites for hydroxylation is 1. The lowest BCUT2D eigenvalue weighted by molar-refractivity contribution is 0.326. The zero-order valence-electron chi connectivity index (χ0n) is 10.2. The Hall–Kier alpha value is -0.930. The summed E-state index contributed by atoms with van der Waals surface area (Å²) in [6, 6.07) is 6.28. The number of aromatic nitrogens is 1. The third kappa shape index (κ3) is 1.97. The van der Waals surface area contributed by atoms with Gasteiger partial charge < -0.3 is 5.73 Å². The molecule has 0 aliphatic rings. The molecule has 3 heteroatoms. The Morgan fingerprint density at radius 1 is 1.31 bits per heavy atom. The largest absolute Gasteiger partial charge is 0.322 e. The van der Waals surface area contributed by atoms with Crippen LogP contribution in [0.2, 0.25) is 0 Å². The first-order chi connectivity index (χ1) is 7.39. The van der Waals surface area contributed by atoms with Gasteiger partial charge in [0, 0.05) is 0 Å². The van der Waals surface area contributed by atoms with E-state index in [1.807, 2.05) is 0 Å². The highest BCUT2D eigenvalue weighted by molar-refractivity contribution is 7.18. The van der Waals surface area contributed by atoms with Crippen molar-refractivity contribution in [3.05, 3.63) is 28.8 Å². The summed E-state index contributed by atoms with van der Waals surface area (Å²) in [6.07, 6.45) is 0. The molecule has 0 fully saturated rings. The van der Waals surface area contributed by atoms with Crippen LogP contribution in [0, 0.1) is 12.3 Å². The average Bonchev–Trinajstić information content (AvgIpc) is 2.60. The molecule has 2 rings (SSSR count). The fourth-order valence-corrected chi connectivity index (χ4v) is 2.90. The fourth-order valence-electron chi connectivity index (χ4n) is 1.61. The summed E-state index contributed by atoms with van der Waals surface area (Å²) in [5.74, 6) is 0. The minimum absolute atomic E-state index is 0.00398. The van der Waals surface area contributed by atoms with E-state index in [2.05, 4.69) is 50.9 Å². The van der Waals surface area contributed by atoms with Gasteiger partial charge in [-0.1, -0.05) is 32.9 Å². The van der Waals surface area contributed by atoms with Gasteiger partial charge in [-0.2, -0.15) is 0 Å². The van der Waals surface area contributed by atoms with Crippen molar-refractivity contribution >= 4 is 21.6 Å². The van der Waals surface area contributed by atoms with Crippen molar-refractivity contribution in [3.63, 3.8) is 0 Å². The van der Waals surface area contributed by atoms with Crippen LogP contribution in [0.1, 0.15) is 37.4 Å². The van der Waals surface area contributed by atoms with Gasteiger partial charge in [0.15, 0.2) is 0 Å². The third-order valence-electron chi connectivity index (χ3n) is 2.84. The number of hydrogen-bond donors (Lipinski definition) is 1. The number of fused-ring (bicyclic) bond motifs is 1. The van der Waals surface area contributed by atoms with Crippen LogP contribution in [0.4, 0.5) is 0 Å². The number of hydrogen-bond acceptors (Lipinski definition) is 3. The number of benzene rings is 1. The minimum atomic E-state index is 0.00398. The predicted molar refractivity (Wildman–Crippen MR) is 70.7 cm³/mol. The summed E-state index contributed by atoms with van der Waals surface area (Å²) < 4.78 is 1.23. The van der Waals surface area contributed by atoms with Crippen molar-refractivity contribution in [1.29, 1.82) is 0 Å². The molecular weight excluding hydrogens is 216 g/mol. The number of rotatable bonds is 1. The van der Waals surface area contributed by atoms with Gasteiger partial charge in [0.1, 0.15) is 5.01 Å². The lowest BCUT2D eigenvalue weighted by Crippen LogP contribution is -2.25. The smallest absolute Gasteiger partial charge is 0.111 e. The van der Waals surface area contributed by atoms with Gasteiger partial charge in [0.05, 0.1) is 16.3 Å². The fraction of sp³-hybridized carbons (Fsp3) is 0.462. The molecule has 86 valence electrons. The third-order valence-corrected chi connectivity index (χ3v) is 3.94. The summed E-state index contributed by atoms with van der Waals surface area (Å²) >= 11 is 1.71. The quantitative estimate of drug-likeness (QED) is 0.818. The molecule has 1 aromatic heterocycles. The van der Waals surface area contributed by atoms with E-state index >= 15 is 0 Å². The summed E-state index contributed by atoms with van der Waals surface area (Å²) in [7, 11) is 0. The highest BCUT2D eigenvalue weighted by atomic mass is 32.1. The maximum atomic E-state index is 6.23. The maximum absolute atomic E-state index is 6.23. The maximum Gasteiger partial charge on any atom is 0.111 e. The molecule has 0 saturated heterocycles. The molecule has 1 atom stereocenters. The predicted octanol–water partition coefficient (Wildman–Crippen LogP) is 3.65. The molecule has 0 radical (unpaired) electrons. The standard InChI is InChI=1S/C13H18N2S/c1-8-6-5-7-9-10(8)15-12(16-9)11(14)13(2,3)4/h5-7,11H,14H2,1-4H3. The normalized spacial score (nSPS) is 14.3. The first-order valence-corrected chi connectivity index (χ1v) is 6.33. The summed E-state index contributed by atoms with van der Waals surface area (Å²) in [4.78, 5) is 4.67. The SMILES string of the molecule is Cc1cccc2sc(C(N)C(C)(C)C)nc12. The summed E-state index contributed by atoms with van der Waals surface area (Å²) in [5, 5.41) is 1.04. The van der Waals surface area contributed by atoms with E-state index in [1.54, 1.807) is 11.3 Å². The van der Waals surface area contributed by atoms with E-state index in [4.69, 9.17) is 5.73 Å². The van der Waals surface area contributed by atoms with Gasteiger partial charge in [-0.05, 0) is 24.0 Å². The second-order valence-corrected chi connectivity index (χ2v) is 6.38. The highest BCUT2D eigenvalue weighted by Crippen LogP contribution is 2.35. The molecule has 2 nitrogen and oxygen atoms in total. The molecule has 2 N–H and O–H groups in total. The molecule has 1 aromatic carbocycles. The Kier molecular flexibility index (Phi) is 2.76. The molecule has 0 spiro atoms. The summed E-state index contributed by atoms with van der Waals surface area (Å²) in [5.41, 5.74) is 8.61. The molecule has 1 unspecified atom stereocenters. The zero-order chi connectivity index (χ0) is 11.9. The monoisotopic (exact) mass is 234 g/mol. The Bertz CT molecular complexity index is 508. The molecule has 0 bridgehead atoms. The molecule has 0 aliphatic heterocycles. The van der Waals surface area contributed by atoms with E-state index < -0.39 is 0 Å². The Morgan fingerprint density at radius 3 is 2.56 bits per heavy atom. The van der Waals surface area contributed by atoms with E-state index in [-0.39, 0.29) is 11.5 Å². The van der Waals surface area contributed by atoms with Crippen molar-refractivity contribution in [2.75, 3.05) is 0 Å². The van der Waals surface area contributed by atoms with Crippen molar-refractivity contribution in [2.24, 2.45) is 11.1 Å². The van der Waals surface area contributed by atoms with Crippen molar-refractivity contribution in [3.8, 4) is 0 Å². The van der Waals surface area contributed by atoms with Gasteiger partial charge in [0.2, 0.25) is 0 Å². The molecule has 0 saturated carbocycles. The molecule has 16 heavy (non-hydrogen) atoms. The Morgan fingerprint density at radius 2 is 2.00 bits per heavy atom. The second-order valence-electron chi connectivity index (χ2n) is 5.32. The zero-order valence-corrected chi connectivity index (χ0v) is 11.1. The van der Waals surface area contributed by atoms with Crippen LogP contribution in [-0.4, -0.2) is 4.98 Å². The van der Waals surface area contributed by atoms with Crippen LogP contribution < -0.4 is 5.73 Å². The van der Waals surface area contributed by atoms with Crippen LogP contribution in [-0.2, 0) is 0 Å². The van der Waals surface area contributed by atoms with Gasteiger partial charge in [0.25, 0.3) is 0 Å². The minimum Gasteiger partial charge on any atom is -0.322 e. The van der Waals surface area contributed by atoms with Gasteiger partial charge in [-0.25, -0.2) is 4.98 Å². The molecular formula is C13H18N2S. The highest BCUT2D eigenvalue weighted by Gasteiger charge is 2.25. The lowest BCUT2D eigenvalue weighted by Gasteiger charge is -2.24. The van der Waals surface area contributed by atoms with Crippen LogP contribution in [0.5, 0.6) is 0 Å². The lowest BCUT2D eigenvalue weighted by atomic mass is 9.88. The van der Waals surface area contributed by atoms with E-state index in [9.17, 15) is 0 Å². The van der Waals surface area contributed by atoms with Crippen molar-refractivity contribution < 1.29 is 0 Å². The molecule has 0 aliphatic carbocycles. The van der Waals surface area contributed by atoms with Crippen LogP contribution in [0.15, 0.2) is 18.2 Å². The second kappa shape index (κ2) is 3.82. The number of nitrogens with zero attached hydrogens (tertiary/aromatic N) is 1.